The highest BCUT2D eigenvalue weighted by Crippen LogP contribution is 2.20. The maximum atomic E-state index is 13.9. The molecule has 0 atom stereocenters. The van der Waals surface area contributed by atoms with Gasteiger partial charge < -0.3 is 11.1 Å². The number of carbonyl (C=O) groups is 2. The van der Waals surface area contributed by atoms with Crippen LogP contribution in [-0.2, 0) is 6.54 Å². The molecule has 2 heterocycles. The summed E-state index contributed by atoms with van der Waals surface area (Å²) >= 11 is 0. The number of nitrogens with one attached hydrogen (secondary N) is 1. The summed E-state index contributed by atoms with van der Waals surface area (Å²) in [6, 6.07) is 11.4. The molecular formula is C21H16F2N6O2. The Labute approximate surface area is 174 Å². The minimum atomic E-state index is -0.708. The van der Waals surface area contributed by atoms with Crippen LogP contribution in [0.25, 0.3) is 10.9 Å². The summed E-state index contributed by atoms with van der Waals surface area (Å²) in [5.74, 6) is -2.54. The molecule has 0 fully saturated rings. The molecule has 0 aliphatic rings. The number of amides is 2. The summed E-state index contributed by atoms with van der Waals surface area (Å²) in [5, 5.41) is 10.9. The molecule has 0 radical (unpaired) electrons. The largest absolute Gasteiger partial charge is 0.366 e. The smallest absolute Gasteiger partial charge is 0.275 e. The molecule has 156 valence electrons. The molecule has 4 aromatic rings. The molecule has 2 aromatic carbocycles. The van der Waals surface area contributed by atoms with Crippen LogP contribution in [0.3, 0.4) is 0 Å². The number of hydrogen-bond donors (Lipinski definition) is 2. The van der Waals surface area contributed by atoms with Gasteiger partial charge in [0.25, 0.3) is 5.91 Å². The number of nitrogens with zero attached hydrogens (tertiary/aromatic N) is 4. The van der Waals surface area contributed by atoms with Crippen LogP contribution in [-0.4, -0.2) is 31.8 Å². The van der Waals surface area contributed by atoms with Gasteiger partial charge >= 0.3 is 0 Å². The molecule has 0 bridgehead atoms. The maximum absolute atomic E-state index is 13.9. The van der Waals surface area contributed by atoms with Gasteiger partial charge in [-0.25, -0.2) is 18.4 Å². The minimum absolute atomic E-state index is 0.000858. The highest BCUT2D eigenvalue weighted by molar-refractivity contribution is 6.10. The summed E-state index contributed by atoms with van der Waals surface area (Å²) in [6.07, 6.45) is 0. The average molecular weight is 422 g/mol. The van der Waals surface area contributed by atoms with Crippen LogP contribution >= 0.6 is 0 Å². The Kier molecular flexibility index (Phi) is 5.12. The van der Waals surface area contributed by atoms with Crippen LogP contribution in [0.15, 0.2) is 48.5 Å². The number of rotatable bonds is 5. The van der Waals surface area contributed by atoms with Crippen LogP contribution in [0.1, 0.15) is 32.1 Å². The molecule has 2 amide bonds. The van der Waals surface area contributed by atoms with Crippen molar-refractivity contribution in [1.82, 2.24) is 20.0 Å². The van der Waals surface area contributed by atoms with Gasteiger partial charge in [0.15, 0.2) is 5.82 Å². The zero-order chi connectivity index (χ0) is 22.1. The lowest BCUT2D eigenvalue weighted by Crippen LogP contribution is -2.18. The molecule has 4 rings (SSSR count). The number of halogens is 2. The van der Waals surface area contributed by atoms with E-state index in [1.807, 2.05) is 0 Å². The van der Waals surface area contributed by atoms with Crippen LogP contribution < -0.4 is 11.1 Å². The van der Waals surface area contributed by atoms with E-state index in [2.05, 4.69) is 20.6 Å². The molecule has 8 nitrogen and oxygen atoms in total. The van der Waals surface area contributed by atoms with Gasteiger partial charge in [-0.05, 0) is 25.1 Å². The zero-order valence-corrected chi connectivity index (χ0v) is 16.3. The van der Waals surface area contributed by atoms with Crippen molar-refractivity contribution in [2.75, 3.05) is 5.32 Å². The monoisotopic (exact) mass is 422 g/mol. The van der Waals surface area contributed by atoms with Crippen molar-refractivity contribution in [3.63, 3.8) is 0 Å². The van der Waals surface area contributed by atoms with Gasteiger partial charge in [-0.15, -0.1) is 5.10 Å². The van der Waals surface area contributed by atoms with Crippen molar-refractivity contribution in [1.29, 1.82) is 0 Å². The molecule has 0 saturated heterocycles. The zero-order valence-electron chi connectivity index (χ0n) is 16.3. The lowest BCUT2D eigenvalue weighted by molar-refractivity contribution is 0.100. The van der Waals surface area contributed by atoms with E-state index in [1.54, 1.807) is 31.2 Å². The van der Waals surface area contributed by atoms with Gasteiger partial charge in [-0.2, -0.15) is 0 Å². The SMILES string of the molecule is Cc1c(NC(=O)c2cc(C(N)=O)c3ccccc3n2)nnn1Cc1ccc(F)cc1F. The van der Waals surface area contributed by atoms with E-state index in [1.165, 1.54) is 16.8 Å². The molecular weight excluding hydrogens is 406 g/mol. The predicted octanol–water partition coefficient (Wildman–Crippen LogP) is 2.81. The third kappa shape index (κ3) is 3.95. The fraction of sp³-hybridized carbons (Fsp3) is 0.0952. The first-order valence-electron chi connectivity index (χ1n) is 9.18. The molecule has 31 heavy (non-hydrogen) atoms. The van der Waals surface area contributed by atoms with E-state index in [9.17, 15) is 18.4 Å². The van der Waals surface area contributed by atoms with E-state index in [4.69, 9.17) is 5.73 Å². The lowest BCUT2D eigenvalue weighted by Gasteiger charge is -2.08. The summed E-state index contributed by atoms with van der Waals surface area (Å²) in [7, 11) is 0. The van der Waals surface area contributed by atoms with Gasteiger partial charge in [-0.1, -0.05) is 29.5 Å². The van der Waals surface area contributed by atoms with Crippen molar-refractivity contribution >= 4 is 28.5 Å². The van der Waals surface area contributed by atoms with Crippen molar-refractivity contribution in [2.24, 2.45) is 5.73 Å². The standard InChI is InChI=1S/C21H16F2N6O2/c1-11-20(27-28-29(11)10-12-6-7-13(22)8-16(12)23)26-21(31)18-9-15(19(24)30)14-4-2-3-5-17(14)25-18/h2-9H,10H2,1H3,(H2,24,30)(H,26,31). The predicted molar refractivity (Wildman–Crippen MR) is 108 cm³/mol. The fourth-order valence-corrected chi connectivity index (χ4v) is 3.10. The summed E-state index contributed by atoms with van der Waals surface area (Å²) < 4.78 is 28.4. The van der Waals surface area contributed by atoms with Gasteiger partial charge in [0.05, 0.1) is 23.3 Å². The van der Waals surface area contributed by atoms with Crippen molar-refractivity contribution in [2.45, 2.75) is 13.5 Å². The average Bonchev–Trinajstić information content (AvgIpc) is 3.08. The highest BCUT2D eigenvalue weighted by Gasteiger charge is 2.18. The topological polar surface area (TPSA) is 116 Å². The molecule has 0 aliphatic heterocycles. The van der Waals surface area contributed by atoms with Crippen molar-refractivity contribution in [3.8, 4) is 0 Å². The van der Waals surface area contributed by atoms with Gasteiger partial charge in [-0.3, -0.25) is 9.59 Å². The number of para-hydroxylation sites is 1. The van der Waals surface area contributed by atoms with Crippen molar-refractivity contribution < 1.29 is 18.4 Å². The minimum Gasteiger partial charge on any atom is -0.366 e. The number of hydrogen-bond acceptors (Lipinski definition) is 5. The molecule has 0 unspecified atom stereocenters. The Hall–Kier alpha value is -4.21. The van der Waals surface area contributed by atoms with Gasteiger partial charge in [0.2, 0.25) is 5.91 Å². The number of carbonyl (C=O) groups excluding carboxylic acids is 2. The molecule has 10 heteroatoms. The third-order valence-corrected chi connectivity index (χ3v) is 4.76. The summed E-state index contributed by atoms with van der Waals surface area (Å²) in [5.41, 5.74) is 6.70. The Balaban J connectivity index is 1.60. The number of fused-ring (bicyclic) bond motifs is 1. The van der Waals surface area contributed by atoms with Gasteiger partial charge in [0.1, 0.15) is 17.3 Å². The molecule has 2 aromatic heterocycles. The quantitative estimate of drug-likeness (QED) is 0.513. The van der Waals surface area contributed by atoms with E-state index in [0.717, 1.165) is 12.1 Å². The molecule has 0 saturated carbocycles. The normalized spacial score (nSPS) is 10.9. The van der Waals surface area contributed by atoms with Crippen LogP contribution in [0.5, 0.6) is 0 Å². The Morgan fingerprint density at radius 3 is 2.65 bits per heavy atom. The number of anilines is 1. The molecule has 0 aliphatic carbocycles. The second-order valence-electron chi connectivity index (χ2n) is 6.81. The number of pyridine rings is 1. The summed E-state index contributed by atoms with van der Waals surface area (Å²) in [6.45, 7) is 1.64. The Morgan fingerprint density at radius 2 is 1.90 bits per heavy atom. The molecule has 0 spiro atoms. The van der Waals surface area contributed by atoms with E-state index < -0.39 is 23.4 Å². The van der Waals surface area contributed by atoms with Crippen molar-refractivity contribution in [3.05, 3.63) is 82.7 Å². The lowest BCUT2D eigenvalue weighted by atomic mass is 10.1. The third-order valence-electron chi connectivity index (χ3n) is 4.76. The molecule has 3 N–H and O–H groups in total. The fourth-order valence-electron chi connectivity index (χ4n) is 3.10. The number of primary amides is 1. The highest BCUT2D eigenvalue weighted by atomic mass is 19.1. The second kappa shape index (κ2) is 7.90. The van der Waals surface area contributed by atoms with E-state index in [-0.39, 0.29) is 29.2 Å². The maximum Gasteiger partial charge on any atom is 0.275 e. The van der Waals surface area contributed by atoms with E-state index in [0.29, 0.717) is 16.6 Å². The van der Waals surface area contributed by atoms with Crippen LogP contribution in [0.4, 0.5) is 14.6 Å². The Morgan fingerprint density at radius 1 is 1.13 bits per heavy atom. The second-order valence-corrected chi connectivity index (χ2v) is 6.81. The Bertz CT molecular complexity index is 1330. The van der Waals surface area contributed by atoms with Crippen LogP contribution in [0, 0.1) is 18.6 Å². The number of benzene rings is 2. The first kappa shape index (κ1) is 20.1. The van der Waals surface area contributed by atoms with Crippen LogP contribution in [0.2, 0.25) is 0 Å². The van der Waals surface area contributed by atoms with Gasteiger partial charge in [0, 0.05) is 17.0 Å². The van der Waals surface area contributed by atoms with E-state index >= 15 is 0 Å². The number of nitrogens with two attached hydrogens (primary N) is 1. The first-order chi connectivity index (χ1) is 14.8. The summed E-state index contributed by atoms with van der Waals surface area (Å²) in [4.78, 5) is 28.8. The number of aromatic nitrogens is 4. The first-order valence-corrected chi connectivity index (χ1v) is 9.18.